The number of aliphatic hydroxyl groups is 1. The van der Waals surface area contributed by atoms with Gasteiger partial charge in [0.2, 0.25) is 5.91 Å². The minimum atomic E-state index is -0.866. The van der Waals surface area contributed by atoms with Crippen molar-refractivity contribution in [2.45, 2.75) is 51.4 Å². The first-order valence-electron chi connectivity index (χ1n) is 9.30. The number of carbonyl (C=O) groups excluding carboxylic acids is 1. The van der Waals surface area contributed by atoms with Gasteiger partial charge in [-0.3, -0.25) is 9.69 Å². The summed E-state index contributed by atoms with van der Waals surface area (Å²) in [6.45, 7) is 8.45. The van der Waals surface area contributed by atoms with Crippen LogP contribution in [0.3, 0.4) is 0 Å². The molecule has 1 saturated heterocycles. The highest BCUT2D eigenvalue weighted by Crippen LogP contribution is 2.43. The number of rotatable bonds is 4. The first-order valence-corrected chi connectivity index (χ1v) is 9.30. The van der Waals surface area contributed by atoms with Crippen molar-refractivity contribution < 1.29 is 14.6 Å². The number of hydrogen-bond acceptors (Lipinski definition) is 5. The number of carbonyl (C=O) groups is 1. The highest BCUT2D eigenvalue weighted by molar-refractivity contribution is 5.80. The zero-order chi connectivity index (χ0) is 18.9. The maximum Gasteiger partial charge on any atom is 0.237 e. The summed E-state index contributed by atoms with van der Waals surface area (Å²) in [4.78, 5) is 16.8. The molecule has 1 fully saturated rings. The van der Waals surface area contributed by atoms with Crippen LogP contribution < -0.4 is 4.74 Å². The van der Waals surface area contributed by atoms with Gasteiger partial charge in [-0.15, -0.1) is 0 Å². The molecule has 1 aromatic carbocycles. The van der Waals surface area contributed by atoms with Crippen molar-refractivity contribution >= 4 is 5.91 Å². The molecule has 2 aliphatic rings. The fourth-order valence-electron chi connectivity index (χ4n) is 3.78. The molecule has 6 heteroatoms. The van der Waals surface area contributed by atoms with Crippen molar-refractivity contribution in [2.75, 3.05) is 26.2 Å². The van der Waals surface area contributed by atoms with E-state index in [0.717, 1.165) is 25.9 Å². The largest absolute Gasteiger partial charge is 0.485 e. The van der Waals surface area contributed by atoms with Gasteiger partial charge in [0.15, 0.2) is 0 Å². The molecule has 1 N–H and O–H groups in total. The molecule has 2 heterocycles. The van der Waals surface area contributed by atoms with Crippen LogP contribution in [0.5, 0.6) is 5.75 Å². The molecule has 140 valence electrons. The minimum absolute atomic E-state index is 0.0161. The van der Waals surface area contributed by atoms with Gasteiger partial charge in [-0.25, -0.2) is 0 Å². The lowest BCUT2D eigenvalue weighted by Crippen LogP contribution is -2.59. The third-order valence-corrected chi connectivity index (χ3v) is 5.34. The van der Waals surface area contributed by atoms with Crippen LogP contribution in [0, 0.1) is 11.3 Å². The van der Waals surface area contributed by atoms with Gasteiger partial charge in [-0.05, 0) is 45.0 Å². The van der Waals surface area contributed by atoms with Crippen LogP contribution in [-0.4, -0.2) is 58.7 Å². The van der Waals surface area contributed by atoms with Crippen LogP contribution in [0.15, 0.2) is 18.2 Å². The van der Waals surface area contributed by atoms with E-state index in [1.807, 2.05) is 13.8 Å². The third-order valence-electron chi connectivity index (χ3n) is 5.34. The Kier molecular flexibility index (Phi) is 5.22. The molecule has 1 unspecified atom stereocenters. The highest BCUT2D eigenvalue weighted by atomic mass is 16.5. The van der Waals surface area contributed by atoms with Crippen LogP contribution >= 0.6 is 0 Å². The van der Waals surface area contributed by atoms with E-state index in [0.29, 0.717) is 30.0 Å². The van der Waals surface area contributed by atoms with Gasteiger partial charge >= 0.3 is 0 Å². The van der Waals surface area contributed by atoms with Gasteiger partial charge < -0.3 is 14.7 Å². The monoisotopic (exact) mass is 357 g/mol. The van der Waals surface area contributed by atoms with Crippen molar-refractivity contribution in [1.82, 2.24) is 9.80 Å². The number of fused-ring (bicyclic) bond motifs is 1. The number of piperazine rings is 1. The Morgan fingerprint density at radius 1 is 1.38 bits per heavy atom. The van der Waals surface area contributed by atoms with Crippen molar-refractivity contribution in [3.63, 3.8) is 0 Å². The molecule has 3 rings (SSSR count). The number of amides is 1. The number of unbranched alkanes of at least 4 members (excludes halogenated alkanes) is 1. The topological polar surface area (TPSA) is 76.8 Å². The van der Waals surface area contributed by atoms with E-state index >= 15 is 0 Å². The molecular weight excluding hydrogens is 330 g/mol. The second-order valence-electron chi connectivity index (χ2n) is 7.68. The molecule has 2 aliphatic heterocycles. The maximum atomic E-state index is 12.9. The molecule has 0 spiro atoms. The molecule has 0 saturated carbocycles. The van der Waals surface area contributed by atoms with Crippen LogP contribution in [0.4, 0.5) is 0 Å². The summed E-state index contributed by atoms with van der Waals surface area (Å²) >= 11 is 0. The normalized spacial score (nSPS) is 25.3. The molecule has 6 nitrogen and oxygen atoms in total. The number of aliphatic hydroxyl groups excluding tert-OH is 1. The summed E-state index contributed by atoms with van der Waals surface area (Å²) in [6.07, 6.45) is 1.32. The van der Waals surface area contributed by atoms with Crippen LogP contribution in [0.25, 0.3) is 0 Å². The number of nitriles is 1. The zero-order valence-corrected chi connectivity index (χ0v) is 15.7. The van der Waals surface area contributed by atoms with E-state index in [1.54, 1.807) is 23.1 Å². The van der Waals surface area contributed by atoms with Gasteiger partial charge in [0.1, 0.15) is 17.5 Å². The Hall–Kier alpha value is -2.10. The fourth-order valence-corrected chi connectivity index (χ4v) is 3.78. The standard InChI is InChI=1S/C20H27N3O3/c1-4-5-8-22-9-10-23(17(24)13-22)18-15-11-14(12-21)6-7-16(15)26-20(2,3)19(18)25/h6-7,11,18-19,25H,4-5,8-10,13H2,1-3H3/t18?,19-/m0/s1. The van der Waals surface area contributed by atoms with E-state index < -0.39 is 17.7 Å². The summed E-state index contributed by atoms with van der Waals surface area (Å²) in [6, 6.07) is 6.83. The molecule has 2 atom stereocenters. The summed E-state index contributed by atoms with van der Waals surface area (Å²) in [5.74, 6) is 0.646. The second kappa shape index (κ2) is 7.26. The van der Waals surface area contributed by atoms with Gasteiger partial charge in [-0.2, -0.15) is 5.26 Å². The van der Waals surface area contributed by atoms with Crippen molar-refractivity contribution in [2.24, 2.45) is 0 Å². The predicted molar refractivity (Wildman–Crippen MR) is 97.7 cm³/mol. The van der Waals surface area contributed by atoms with E-state index in [1.165, 1.54) is 0 Å². The number of hydrogen-bond donors (Lipinski definition) is 1. The fraction of sp³-hybridized carbons (Fsp3) is 0.600. The SMILES string of the molecule is CCCCN1CCN(C2c3cc(C#N)ccc3OC(C)(C)[C@H]2O)C(=O)C1. The molecular formula is C20H27N3O3. The Morgan fingerprint density at radius 3 is 2.81 bits per heavy atom. The quantitative estimate of drug-likeness (QED) is 0.893. The number of ether oxygens (including phenoxy) is 1. The van der Waals surface area contributed by atoms with Crippen LogP contribution in [0.2, 0.25) is 0 Å². The minimum Gasteiger partial charge on any atom is -0.485 e. The summed E-state index contributed by atoms with van der Waals surface area (Å²) in [5.41, 5.74) is 0.398. The van der Waals surface area contributed by atoms with Crippen molar-refractivity contribution in [3.05, 3.63) is 29.3 Å². The van der Waals surface area contributed by atoms with E-state index in [-0.39, 0.29) is 5.91 Å². The lowest BCUT2D eigenvalue weighted by molar-refractivity contribution is -0.150. The first-order chi connectivity index (χ1) is 12.4. The highest BCUT2D eigenvalue weighted by Gasteiger charge is 2.47. The number of benzene rings is 1. The Morgan fingerprint density at radius 2 is 2.15 bits per heavy atom. The average molecular weight is 357 g/mol. The second-order valence-corrected chi connectivity index (χ2v) is 7.68. The van der Waals surface area contributed by atoms with Gasteiger partial charge in [0.25, 0.3) is 0 Å². The van der Waals surface area contributed by atoms with Crippen LogP contribution in [-0.2, 0) is 4.79 Å². The Labute approximate surface area is 155 Å². The Bertz CT molecular complexity index is 726. The van der Waals surface area contributed by atoms with Gasteiger partial charge in [0.05, 0.1) is 24.2 Å². The average Bonchev–Trinajstić information content (AvgIpc) is 2.61. The molecule has 1 aromatic rings. The van der Waals surface area contributed by atoms with E-state index in [2.05, 4.69) is 17.9 Å². The van der Waals surface area contributed by atoms with Crippen LogP contribution in [0.1, 0.15) is 50.8 Å². The first kappa shape index (κ1) is 18.7. The molecule has 0 radical (unpaired) electrons. The molecule has 1 amide bonds. The van der Waals surface area contributed by atoms with E-state index in [9.17, 15) is 15.2 Å². The predicted octanol–water partition coefficient (Wildman–Crippen LogP) is 2.08. The molecule has 0 aliphatic carbocycles. The summed E-state index contributed by atoms with van der Waals surface area (Å²) < 4.78 is 5.95. The van der Waals surface area contributed by atoms with Gasteiger partial charge in [0, 0.05) is 18.7 Å². The summed E-state index contributed by atoms with van der Waals surface area (Å²) in [7, 11) is 0. The Balaban J connectivity index is 1.91. The van der Waals surface area contributed by atoms with E-state index in [4.69, 9.17) is 4.74 Å². The molecule has 0 bridgehead atoms. The van der Waals surface area contributed by atoms with Crippen molar-refractivity contribution in [3.8, 4) is 11.8 Å². The molecule has 0 aromatic heterocycles. The molecule has 26 heavy (non-hydrogen) atoms. The van der Waals surface area contributed by atoms with Gasteiger partial charge in [-0.1, -0.05) is 13.3 Å². The zero-order valence-electron chi connectivity index (χ0n) is 15.7. The smallest absolute Gasteiger partial charge is 0.237 e. The lowest BCUT2D eigenvalue weighted by atomic mass is 9.84. The summed E-state index contributed by atoms with van der Waals surface area (Å²) in [5, 5.41) is 20.2. The number of nitrogens with zero attached hydrogens (tertiary/aromatic N) is 3. The van der Waals surface area contributed by atoms with Crippen molar-refractivity contribution in [1.29, 1.82) is 5.26 Å². The lowest BCUT2D eigenvalue weighted by Gasteiger charge is -2.48. The third kappa shape index (κ3) is 3.42. The maximum absolute atomic E-state index is 12.9.